The van der Waals surface area contributed by atoms with Crippen molar-refractivity contribution in [3.8, 4) is 0 Å². The van der Waals surface area contributed by atoms with E-state index >= 15 is 0 Å². The Balaban J connectivity index is 2.66. The van der Waals surface area contributed by atoms with Crippen LogP contribution in [0.4, 0.5) is 5.69 Å². The Hall–Kier alpha value is -2.03. The van der Waals surface area contributed by atoms with E-state index < -0.39 is 0 Å². The van der Waals surface area contributed by atoms with Crippen molar-refractivity contribution in [3.05, 3.63) is 40.0 Å². The molecule has 0 saturated heterocycles. The highest BCUT2D eigenvalue weighted by Gasteiger charge is 2.36. The van der Waals surface area contributed by atoms with Crippen molar-refractivity contribution in [1.82, 2.24) is 0 Å². The Bertz CT molecular complexity index is 783. The molecular formula is C21H29N3. The van der Waals surface area contributed by atoms with Crippen molar-refractivity contribution < 1.29 is 0 Å². The standard InChI is InChI=1S/C21H29N3/c1-12-10-13(2)20(14(3)11-12)22-18(7)21(9)16(5)15(4)17(6)23-24-19(21)8/h10-11H,1-9H3. The summed E-state index contributed by atoms with van der Waals surface area (Å²) in [6.45, 7) is 19.1. The highest BCUT2D eigenvalue weighted by Crippen LogP contribution is 2.37. The van der Waals surface area contributed by atoms with Gasteiger partial charge < -0.3 is 0 Å². The van der Waals surface area contributed by atoms with E-state index in [2.05, 4.69) is 70.8 Å². The summed E-state index contributed by atoms with van der Waals surface area (Å²) in [5.41, 5.74) is 9.95. The molecule has 3 nitrogen and oxygen atoms in total. The highest BCUT2D eigenvalue weighted by molar-refractivity contribution is 6.15. The predicted octanol–water partition coefficient (Wildman–Crippen LogP) is 5.90. The van der Waals surface area contributed by atoms with Crippen LogP contribution < -0.4 is 0 Å². The van der Waals surface area contributed by atoms with Crippen LogP contribution in [0.15, 0.2) is 38.5 Å². The lowest BCUT2D eigenvalue weighted by molar-refractivity contribution is 0.745. The molecule has 1 atom stereocenters. The summed E-state index contributed by atoms with van der Waals surface area (Å²) in [6, 6.07) is 4.38. The molecule has 1 aliphatic rings. The van der Waals surface area contributed by atoms with E-state index in [4.69, 9.17) is 4.99 Å². The Labute approximate surface area is 146 Å². The minimum absolute atomic E-state index is 0.310. The van der Waals surface area contributed by atoms with E-state index in [0.717, 1.165) is 22.8 Å². The van der Waals surface area contributed by atoms with Crippen LogP contribution in [0.25, 0.3) is 0 Å². The quantitative estimate of drug-likeness (QED) is 0.608. The molecule has 24 heavy (non-hydrogen) atoms. The SMILES string of the molecule is CC1=NN=C(C)C(C)(C(C)=Nc2c(C)cc(C)cc2C)C(C)=C1C. The summed E-state index contributed by atoms with van der Waals surface area (Å²) >= 11 is 0. The lowest BCUT2D eigenvalue weighted by Gasteiger charge is -2.31. The molecule has 3 heteroatoms. The fourth-order valence-electron chi connectivity index (χ4n) is 3.40. The summed E-state index contributed by atoms with van der Waals surface area (Å²) < 4.78 is 0. The van der Waals surface area contributed by atoms with E-state index in [1.165, 1.54) is 27.8 Å². The van der Waals surface area contributed by atoms with E-state index in [1.807, 2.05) is 13.8 Å². The molecule has 2 rings (SSSR count). The molecule has 0 aromatic heterocycles. The van der Waals surface area contributed by atoms with Crippen LogP contribution in [0.5, 0.6) is 0 Å². The Morgan fingerprint density at radius 2 is 1.46 bits per heavy atom. The topological polar surface area (TPSA) is 37.1 Å². The van der Waals surface area contributed by atoms with Gasteiger partial charge in [-0.15, -0.1) is 0 Å². The summed E-state index contributed by atoms with van der Waals surface area (Å²) in [6.07, 6.45) is 0. The molecule has 1 aromatic rings. The molecule has 0 amide bonds. The van der Waals surface area contributed by atoms with Crippen molar-refractivity contribution in [2.45, 2.75) is 62.3 Å². The molecule has 0 fully saturated rings. The number of benzene rings is 1. The first-order valence-electron chi connectivity index (χ1n) is 8.50. The third-order valence-corrected chi connectivity index (χ3v) is 5.57. The van der Waals surface area contributed by atoms with Crippen molar-refractivity contribution in [3.63, 3.8) is 0 Å². The molecule has 0 spiro atoms. The highest BCUT2D eigenvalue weighted by atomic mass is 15.2. The van der Waals surface area contributed by atoms with Gasteiger partial charge in [-0.1, -0.05) is 23.3 Å². The van der Waals surface area contributed by atoms with Crippen molar-refractivity contribution in [2.24, 2.45) is 20.6 Å². The summed E-state index contributed by atoms with van der Waals surface area (Å²) in [5.74, 6) is 0. The van der Waals surface area contributed by atoms with Crippen LogP contribution in [-0.2, 0) is 0 Å². The molecule has 1 aliphatic heterocycles. The number of hydrogen-bond acceptors (Lipinski definition) is 3. The fourth-order valence-corrected chi connectivity index (χ4v) is 3.40. The van der Waals surface area contributed by atoms with Crippen LogP contribution >= 0.6 is 0 Å². The summed E-state index contributed by atoms with van der Waals surface area (Å²) in [7, 11) is 0. The van der Waals surface area contributed by atoms with Crippen LogP contribution in [-0.4, -0.2) is 17.1 Å². The minimum atomic E-state index is -0.310. The molecule has 0 aliphatic carbocycles. The van der Waals surface area contributed by atoms with Gasteiger partial charge in [0, 0.05) is 5.71 Å². The Morgan fingerprint density at radius 3 is 2.00 bits per heavy atom. The molecule has 0 saturated carbocycles. The number of hydrogen-bond donors (Lipinski definition) is 0. The Morgan fingerprint density at radius 1 is 0.917 bits per heavy atom. The third-order valence-electron chi connectivity index (χ3n) is 5.57. The number of aliphatic imine (C=N–C) groups is 1. The molecule has 0 radical (unpaired) electrons. The molecule has 0 N–H and O–H groups in total. The summed E-state index contributed by atoms with van der Waals surface area (Å²) in [5, 5.41) is 8.82. The third kappa shape index (κ3) is 3.00. The lowest BCUT2D eigenvalue weighted by Crippen LogP contribution is -2.35. The fraction of sp³-hybridized carbons (Fsp3) is 0.476. The van der Waals surface area contributed by atoms with Gasteiger partial charge in [0.15, 0.2) is 0 Å². The minimum Gasteiger partial charge on any atom is -0.256 e. The predicted molar refractivity (Wildman–Crippen MR) is 106 cm³/mol. The van der Waals surface area contributed by atoms with E-state index in [9.17, 15) is 0 Å². The molecule has 0 bridgehead atoms. The molecular weight excluding hydrogens is 294 g/mol. The monoisotopic (exact) mass is 323 g/mol. The zero-order chi connectivity index (χ0) is 18.2. The van der Waals surface area contributed by atoms with Gasteiger partial charge in [0.25, 0.3) is 0 Å². The second kappa shape index (κ2) is 6.46. The van der Waals surface area contributed by atoms with E-state index in [-0.39, 0.29) is 5.41 Å². The zero-order valence-corrected chi connectivity index (χ0v) is 16.5. The molecule has 128 valence electrons. The second-order valence-corrected chi connectivity index (χ2v) is 7.19. The van der Waals surface area contributed by atoms with Gasteiger partial charge in [-0.25, -0.2) is 0 Å². The van der Waals surface area contributed by atoms with E-state index in [0.29, 0.717) is 0 Å². The number of nitrogens with zero attached hydrogens (tertiary/aromatic N) is 3. The molecule has 1 aromatic carbocycles. The second-order valence-electron chi connectivity index (χ2n) is 7.19. The van der Waals surface area contributed by atoms with E-state index in [1.54, 1.807) is 0 Å². The van der Waals surface area contributed by atoms with Crippen LogP contribution in [0.1, 0.15) is 58.2 Å². The van der Waals surface area contributed by atoms with Crippen LogP contribution in [0.3, 0.4) is 0 Å². The largest absolute Gasteiger partial charge is 0.256 e. The van der Waals surface area contributed by atoms with Crippen LogP contribution in [0.2, 0.25) is 0 Å². The van der Waals surface area contributed by atoms with Crippen molar-refractivity contribution >= 4 is 22.8 Å². The average molecular weight is 323 g/mol. The maximum absolute atomic E-state index is 5.05. The maximum Gasteiger partial charge on any atom is 0.0687 e. The average Bonchev–Trinajstić information content (AvgIpc) is 2.58. The number of aryl methyl sites for hydroxylation is 3. The number of rotatable bonds is 2. The summed E-state index contributed by atoms with van der Waals surface area (Å²) in [4.78, 5) is 5.05. The molecule has 1 heterocycles. The lowest BCUT2D eigenvalue weighted by atomic mass is 9.73. The first-order valence-corrected chi connectivity index (χ1v) is 8.50. The van der Waals surface area contributed by atoms with Gasteiger partial charge in [0.2, 0.25) is 0 Å². The van der Waals surface area contributed by atoms with Gasteiger partial charge in [0.1, 0.15) is 0 Å². The van der Waals surface area contributed by atoms with Gasteiger partial charge in [-0.05, 0) is 79.0 Å². The molecule has 1 unspecified atom stereocenters. The normalized spacial score (nSPS) is 22.3. The number of allylic oxidation sites excluding steroid dienone is 2. The first-order chi connectivity index (χ1) is 11.1. The van der Waals surface area contributed by atoms with Crippen molar-refractivity contribution in [1.29, 1.82) is 0 Å². The maximum atomic E-state index is 5.05. The smallest absolute Gasteiger partial charge is 0.0687 e. The van der Waals surface area contributed by atoms with Gasteiger partial charge in [0.05, 0.1) is 22.5 Å². The van der Waals surface area contributed by atoms with Crippen molar-refractivity contribution in [2.75, 3.05) is 0 Å². The van der Waals surface area contributed by atoms with Gasteiger partial charge in [-0.3, -0.25) is 4.99 Å². The zero-order valence-electron chi connectivity index (χ0n) is 16.5. The van der Waals surface area contributed by atoms with Gasteiger partial charge >= 0.3 is 0 Å². The first kappa shape index (κ1) is 18.3. The van der Waals surface area contributed by atoms with Gasteiger partial charge in [-0.2, -0.15) is 10.2 Å². The van der Waals surface area contributed by atoms with Crippen LogP contribution in [0, 0.1) is 26.2 Å². The Kier molecular flexibility index (Phi) is 4.93.